The number of benzene rings is 3. The van der Waals surface area contributed by atoms with Crippen molar-refractivity contribution in [1.29, 1.82) is 0 Å². The molecule has 1 aliphatic rings. The molecule has 0 unspecified atom stereocenters. The van der Waals surface area contributed by atoms with Gasteiger partial charge < -0.3 is 10.2 Å². The molecule has 4 rings (SSSR count). The Morgan fingerprint density at radius 3 is 2.26 bits per heavy atom. The molecule has 1 atom stereocenters. The fourth-order valence-corrected chi connectivity index (χ4v) is 7.43. The molecule has 9 heteroatoms. The molecule has 3 aromatic carbocycles. The molecular weight excluding hydrogens is 582 g/mol. The molecule has 0 bridgehead atoms. The van der Waals surface area contributed by atoms with E-state index >= 15 is 0 Å². The smallest absolute Gasteiger partial charge is 0.264 e. The number of nitrogens with zero attached hydrogens (tertiary/aromatic N) is 2. The number of carbonyl (C=O) groups is 2. The second-order valence-electron chi connectivity index (χ2n) is 11.5. The monoisotopic (exact) mass is 623 g/mol. The van der Waals surface area contributed by atoms with Gasteiger partial charge >= 0.3 is 0 Å². The SMILES string of the molecule is CC[C@@H](C(=O)NC1CCCCC1)N(Cc1cccc(C)c1)C(=O)CN(c1ccc(Cl)cc1C)S(=O)(=O)c1ccc(C)cc1. The molecular formula is C34H42ClN3O4S. The fourth-order valence-electron chi connectivity index (χ4n) is 5.72. The van der Waals surface area contributed by atoms with E-state index in [4.69, 9.17) is 11.6 Å². The van der Waals surface area contributed by atoms with Crippen LogP contribution >= 0.6 is 11.6 Å². The lowest BCUT2D eigenvalue weighted by Gasteiger charge is -2.35. The first-order valence-electron chi connectivity index (χ1n) is 15.0. The maximum absolute atomic E-state index is 14.3. The minimum atomic E-state index is -4.15. The number of hydrogen-bond donors (Lipinski definition) is 1. The molecule has 230 valence electrons. The third kappa shape index (κ3) is 8.18. The van der Waals surface area contributed by atoms with E-state index < -0.39 is 28.5 Å². The van der Waals surface area contributed by atoms with Crippen LogP contribution in [0, 0.1) is 20.8 Å². The number of aryl methyl sites for hydroxylation is 3. The number of hydrogen-bond acceptors (Lipinski definition) is 4. The Kier molecular flexibility index (Phi) is 10.9. The largest absolute Gasteiger partial charge is 0.352 e. The predicted molar refractivity (Wildman–Crippen MR) is 173 cm³/mol. The van der Waals surface area contributed by atoms with Crippen LogP contribution in [0.4, 0.5) is 5.69 Å². The standard InChI is InChI=1S/C34H42ClN3O4S/c1-5-31(34(40)36-29-12-7-6-8-13-29)37(22-27-11-9-10-25(3)20-27)33(39)23-38(32-19-16-28(35)21-26(32)4)43(41,42)30-17-14-24(2)15-18-30/h9-11,14-21,29,31H,5-8,12-13,22-23H2,1-4H3,(H,36,40)/t31-/m0/s1. The summed E-state index contributed by atoms with van der Waals surface area (Å²) in [5, 5.41) is 3.65. The van der Waals surface area contributed by atoms with Gasteiger partial charge in [0, 0.05) is 17.6 Å². The van der Waals surface area contributed by atoms with Gasteiger partial charge in [-0.3, -0.25) is 13.9 Å². The van der Waals surface area contributed by atoms with Crippen molar-refractivity contribution < 1.29 is 18.0 Å². The molecule has 0 spiro atoms. The quantitative estimate of drug-likeness (QED) is 0.257. The summed E-state index contributed by atoms with van der Waals surface area (Å²) < 4.78 is 29.4. The van der Waals surface area contributed by atoms with Crippen molar-refractivity contribution in [1.82, 2.24) is 10.2 Å². The lowest BCUT2D eigenvalue weighted by atomic mass is 9.95. The van der Waals surface area contributed by atoms with Crippen molar-refractivity contribution in [2.75, 3.05) is 10.8 Å². The van der Waals surface area contributed by atoms with Crippen LogP contribution in [0.2, 0.25) is 5.02 Å². The van der Waals surface area contributed by atoms with E-state index in [1.165, 1.54) is 4.90 Å². The topological polar surface area (TPSA) is 86.8 Å². The first kappa shape index (κ1) is 32.6. The van der Waals surface area contributed by atoms with Gasteiger partial charge in [0.1, 0.15) is 12.6 Å². The Morgan fingerprint density at radius 2 is 1.63 bits per heavy atom. The third-order valence-electron chi connectivity index (χ3n) is 8.09. The predicted octanol–water partition coefficient (Wildman–Crippen LogP) is 6.72. The summed E-state index contributed by atoms with van der Waals surface area (Å²) >= 11 is 6.22. The van der Waals surface area contributed by atoms with Gasteiger partial charge in [0.25, 0.3) is 10.0 Å². The van der Waals surface area contributed by atoms with Gasteiger partial charge in [-0.1, -0.05) is 85.3 Å². The number of anilines is 1. The number of nitrogens with one attached hydrogen (secondary N) is 1. The number of sulfonamides is 1. The van der Waals surface area contributed by atoms with E-state index in [2.05, 4.69) is 5.32 Å². The van der Waals surface area contributed by atoms with Crippen LogP contribution in [-0.4, -0.2) is 43.8 Å². The number of carbonyl (C=O) groups excluding carboxylic acids is 2. The fraction of sp³-hybridized carbons (Fsp3) is 0.412. The molecule has 3 aromatic rings. The Bertz CT molecular complexity index is 1540. The summed E-state index contributed by atoms with van der Waals surface area (Å²) in [6, 6.07) is 18.6. The van der Waals surface area contributed by atoms with E-state index in [0.717, 1.165) is 53.1 Å². The number of amides is 2. The molecule has 1 N–H and O–H groups in total. The Morgan fingerprint density at radius 1 is 0.930 bits per heavy atom. The highest BCUT2D eigenvalue weighted by Gasteiger charge is 2.35. The van der Waals surface area contributed by atoms with Crippen LogP contribution in [-0.2, 0) is 26.2 Å². The summed E-state index contributed by atoms with van der Waals surface area (Å²) in [6.07, 6.45) is 5.54. The number of rotatable bonds is 11. The van der Waals surface area contributed by atoms with Crippen molar-refractivity contribution in [3.63, 3.8) is 0 Å². The summed E-state index contributed by atoms with van der Waals surface area (Å²) in [7, 11) is -4.15. The highest BCUT2D eigenvalue weighted by molar-refractivity contribution is 7.92. The van der Waals surface area contributed by atoms with Crippen LogP contribution in [0.1, 0.15) is 67.7 Å². The van der Waals surface area contributed by atoms with Crippen molar-refractivity contribution in [3.8, 4) is 0 Å². The van der Waals surface area contributed by atoms with Gasteiger partial charge in [-0.25, -0.2) is 8.42 Å². The van der Waals surface area contributed by atoms with E-state index in [0.29, 0.717) is 22.7 Å². The molecule has 1 aliphatic carbocycles. The minimum Gasteiger partial charge on any atom is -0.352 e. The highest BCUT2D eigenvalue weighted by Crippen LogP contribution is 2.30. The molecule has 0 radical (unpaired) electrons. The third-order valence-corrected chi connectivity index (χ3v) is 10.1. The van der Waals surface area contributed by atoms with Gasteiger partial charge in [-0.2, -0.15) is 0 Å². The highest BCUT2D eigenvalue weighted by atomic mass is 35.5. The normalized spacial score (nSPS) is 14.6. The first-order chi connectivity index (χ1) is 20.5. The van der Waals surface area contributed by atoms with Gasteiger partial charge in [0.05, 0.1) is 10.6 Å². The average molecular weight is 624 g/mol. The average Bonchev–Trinajstić information content (AvgIpc) is 2.97. The summed E-state index contributed by atoms with van der Waals surface area (Å²) in [6.45, 7) is 7.20. The molecule has 2 amide bonds. The second kappa shape index (κ2) is 14.4. The second-order valence-corrected chi connectivity index (χ2v) is 13.8. The summed E-state index contributed by atoms with van der Waals surface area (Å²) in [5.41, 5.74) is 3.79. The zero-order chi connectivity index (χ0) is 31.1. The molecule has 0 aromatic heterocycles. The molecule has 0 saturated heterocycles. The van der Waals surface area contributed by atoms with Crippen LogP contribution in [0.3, 0.4) is 0 Å². The summed E-state index contributed by atoms with van der Waals surface area (Å²) in [4.78, 5) is 29.6. The molecule has 7 nitrogen and oxygen atoms in total. The maximum atomic E-state index is 14.3. The van der Waals surface area contributed by atoms with Crippen LogP contribution in [0.15, 0.2) is 71.6 Å². The van der Waals surface area contributed by atoms with E-state index in [1.54, 1.807) is 49.4 Å². The molecule has 43 heavy (non-hydrogen) atoms. The van der Waals surface area contributed by atoms with E-state index in [-0.39, 0.29) is 23.4 Å². The van der Waals surface area contributed by atoms with Gasteiger partial charge in [-0.05, 0) is 81.5 Å². The zero-order valence-corrected chi connectivity index (χ0v) is 27.0. The molecule has 1 fully saturated rings. The van der Waals surface area contributed by atoms with Gasteiger partial charge in [0.15, 0.2) is 0 Å². The van der Waals surface area contributed by atoms with Gasteiger partial charge in [0.2, 0.25) is 11.8 Å². The zero-order valence-electron chi connectivity index (χ0n) is 25.5. The van der Waals surface area contributed by atoms with Crippen molar-refractivity contribution >= 4 is 39.1 Å². The molecule has 1 saturated carbocycles. The lowest BCUT2D eigenvalue weighted by molar-refractivity contribution is -0.140. The molecule has 0 heterocycles. The summed E-state index contributed by atoms with van der Waals surface area (Å²) in [5.74, 6) is -0.664. The maximum Gasteiger partial charge on any atom is 0.264 e. The minimum absolute atomic E-state index is 0.0765. The van der Waals surface area contributed by atoms with Crippen molar-refractivity contribution in [2.45, 2.75) is 89.7 Å². The van der Waals surface area contributed by atoms with Gasteiger partial charge in [-0.15, -0.1) is 0 Å². The Hall–Kier alpha value is -3.36. The van der Waals surface area contributed by atoms with Crippen LogP contribution < -0.4 is 9.62 Å². The van der Waals surface area contributed by atoms with E-state index in [9.17, 15) is 18.0 Å². The van der Waals surface area contributed by atoms with Crippen molar-refractivity contribution in [2.24, 2.45) is 0 Å². The van der Waals surface area contributed by atoms with Crippen molar-refractivity contribution in [3.05, 3.63) is 94.0 Å². The Labute approximate surface area is 261 Å². The Balaban J connectivity index is 1.73. The number of halogens is 1. The van der Waals surface area contributed by atoms with E-state index in [1.807, 2.05) is 45.0 Å². The van der Waals surface area contributed by atoms with Crippen LogP contribution in [0.5, 0.6) is 0 Å². The molecule has 0 aliphatic heterocycles. The first-order valence-corrected chi connectivity index (χ1v) is 16.8. The van der Waals surface area contributed by atoms with Crippen LogP contribution in [0.25, 0.3) is 0 Å². The lowest BCUT2D eigenvalue weighted by Crippen LogP contribution is -2.54.